The standard InChI is InChI=1S/C9H15Cl/c1-9(2)5-6-3-7(9)4-8(6)10/h6-8H,3-5H2,1-2H3. The molecule has 2 aliphatic rings. The molecule has 2 aliphatic carbocycles. The van der Waals surface area contributed by atoms with E-state index in [2.05, 4.69) is 13.8 Å². The number of hydrogen-bond acceptors (Lipinski definition) is 0. The van der Waals surface area contributed by atoms with Crippen LogP contribution in [-0.4, -0.2) is 5.38 Å². The van der Waals surface area contributed by atoms with Crippen LogP contribution in [0.2, 0.25) is 0 Å². The molecule has 0 N–H and O–H groups in total. The van der Waals surface area contributed by atoms with Crippen molar-refractivity contribution in [2.75, 3.05) is 0 Å². The van der Waals surface area contributed by atoms with Crippen LogP contribution in [0.1, 0.15) is 33.1 Å². The lowest BCUT2D eigenvalue weighted by Crippen LogP contribution is -2.24. The van der Waals surface area contributed by atoms with Crippen molar-refractivity contribution in [3.05, 3.63) is 0 Å². The summed E-state index contributed by atoms with van der Waals surface area (Å²) in [5, 5.41) is 0.512. The lowest BCUT2D eigenvalue weighted by atomic mass is 9.76. The molecule has 0 saturated heterocycles. The number of alkyl halides is 1. The van der Waals surface area contributed by atoms with E-state index >= 15 is 0 Å². The number of rotatable bonds is 0. The molecule has 0 amide bonds. The third kappa shape index (κ3) is 0.812. The summed E-state index contributed by atoms with van der Waals surface area (Å²) in [6.07, 6.45) is 4.05. The Morgan fingerprint density at radius 3 is 2.30 bits per heavy atom. The molecule has 3 unspecified atom stereocenters. The molecule has 0 aromatic rings. The van der Waals surface area contributed by atoms with Gasteiger partial charge in [0.05, 0.1) is 0 Å². The first-order valence-corrected chi connectivity index (χ1v) is 4.67. The summed E-state index contributed by atoms with van der Waals surface area (Å²) in [7, 11) is 0. The molecule has 3 atom stereocenters. The summed E-state index contributed by atoms with van der Waals surface area (Å²) in [4.78, 5) is 0. The first-order chi connectivity index (χ1) is 4.59. The van der Waals surface area contributed by atoms with Crippen molar-refractivity contribution in [2.24, 2.45) is 17.3 Å². The van der Waals surface area contributed by atoms with E-state index in [-0.39, 0.29) is 0 Å². The SMILES string of the molecule is CC1(C)CC2CC1CC2Cl. The molecule has 0 radical (unpaired) electrons. The van der Waals surface area contributed by atoms with E-state index in [1.54, 1.807) is 0 Å². The summed E-state index contributed by atoms with van der Waals surface area (Å²) < 4.78 is 0. The Bertz CT molecular complexity index is 149. The predicted octanol–water partition coefficient (Wildman–Crippen LogP) is 3.05. The highest BCUT2D eigenvalue weighted by atomic mass is 35.5. The summed E-state index contributed by atoms with van der Waals surface area (Å²) in [6.45, 7) is 4.78. The van der Waals surface area contributed by atoms with E-state index in [9.17, 15) is 0 Å². The minimum atomic E-state index is 0.512. The van der Waals surface area contributed by atoms with Gasteiger partial charge in [-0.15, -0.1) is 11.6 Å². The number of halogens is 1. The Labute approximate surface area is 68.0 Å². The van der Waals surface area contributed by atoms with Crippen molar-refractivity contribution >= 4 is 11.6 Å². The second kappa shape index (κ2) is 1.91. The van der Waals surface area contributed by atoms with Crippen LogP contribution in [0.15, 0.2) is 0 Å². The van der Waals surface area contributed by atoms with Gasteiger partial charge >= 0.3 is 0 Å². The molecule has 0 spiro atoms. The van der Waals surface area contributed by atoms with Crippen LogP contribution >= 0.6 is 11.6 Å². The lowest BCUT2D eigenvalue weighted by molar-refractivity contribution is 0.220. The molecule has 0 heterocycles. The quantitative estimate of drug-likeness (QED) is 0.476. The molecular weight excluding hydrogens is 144 g/mol. The summed E-state index contributed by atoms with van der Waals surface area (Å²) >= 11 is 6.14. The lowest BCUT2D eigenvalue weighted by Gasteiger charge is -2.31. The highest BCUT2D eigenvalue weighted by Gasteiger charge is 2.49. The molecule has 58 valence electrons. The van der Waals surface area contributed by atoms with Crippen molar-refractivity contribution in [1.29, 1.82) is 0 Å². The van der Waals surface area contributed by atoms with Gasteiger partial charge in [0.1, 0.15) is 0 Å². The summed E-state index contributed by atoms with van der Waals surface area (Å²) in [5.74, 6) is 1.78. The molecule has 10 heavy (non-hydrogen) atoms. The average Bonchev–Trinajstić information content (AvgIpc) is 2.21. The van der Waals surface area contributed by atoms with Crippen LogP contribution < -0.4 is 0 Å². The maximum absolute atomic E-state index is 6.14. The normalized spacial score (nSPS) is 50.1. The Hall–Kier alpha value is 0.290. The van der Waals surface area contributed by atoms with Gasteiger partial charge in [-0.2, -0.15) is 0 Å². The molecular formula is C9H15Cl. The predicted molar refractivity (Wildman–Crippen MR) is 44.3 cm³/mol. The average molecular weight is 159 g/mol. The fourth-order valence-corrected chi connectivity index (χ4v) is 3.17. The fourth-order valence-electron chi connectivity index (χ4n) is 2.77. The van der Waals surface area contributed by atoms with Gasteiger partial charge in [0, 0.05) is 5.38 Å². The molecule has 0 aliphatic heterocycles. The smallest absolute Gasteiger partial charge is 0.0367 e. The minimum absolute atomic E-state index is 0.512. The number of hydrogen-bond donors (Lipinski definition) is 0. The van der Waals surface area contributed by atoms with Gasteiger partial charge in [0.2, 0.25) is 0 Å². The van der Waals surface area contributed by atoms with E-state index < -0.39 is 0 Å². The van der Waals surface area contributed by atoms with Gasteiger partial charge in [-0.1, -0.05) is 13.8 Å². The van der Waals surface area contributed by atoms with Crippen LogP contribution in [0, 0.1) is 17.3 Å². The molecule has 2 fully saturated rings. The van der Waals surface area contributed by atoms with Crippen LogP contribution in [0.4, 0.5) is 0 Å². The van der Waals surface area contributed by atoms with Gasteiger partial charge in [0.25, 0.3) is 0 Å². The molecule has 0 nitrogen and oxygen atoms in total. The highest BCUT2D eigenvalue weighted by molar-refractivity contribution is 6.21. The van der Waals surface area contributed by atoms with Crippen molar-refractivity contribution in [2.45, 2.75) is 38.5 Å². The molecule has 1 heteroatoms. The first kappa shape index (κ1) is 6.97. The molecule has 2 bridgehead atoms. The van der Waals surface area contributed by atoms with Crippen molar-refractivity contribution in [3.8, 4) is 0 Å². The Balaban J connectivity index is 2.16. The maximum atomic E-state index is 6.14. The molecule has 2 rings (SSSR count). The Kier molecular flexibility index (Phi) is 1.33. The Morgan fingerprint density at radius 1 is 1.30 bits per heavy atom. The zero-order valence-corrected chi connectivity index (χ0v) is 7.49. The minimum Gasteiger partial charge on any atom is -0.123 e. The van der Waals surface area contributed by atoms with Gasteiger partial charge in [-0.05, 0) is 36.5 Å². The second-order valence-electron chi connectivity index (χ2n) is 4.64. The first-order valence-electron chi connectivity index (χ1n) is 4.24. The zero-order chi connectivity index (χ0) is 7.35. The van der Waals surface area contributed by atoms with Gasteiger partial charge < -0.3 is 0 Å². The molecule has 0 aromatic heterocycles. The fraction of sp³-hybridized carbons (Fsp3) is 1.00. The van der Waals surface area contributed by atoms with Gasteiger partial charge in [-0.25, -0.2) is 0 Å². The molecule has 0 aromatic carbocycles. The van der Waals surface area contributed by atoms with Crippen LogP contribution in [-0.2, 0) is 0 Å². The van der Waals surface area contributed by atoms with Crippen molar-refractivity contribution < 1.29 is 0 Å². The monoisotopic (exact) mass is 158 g/mol. The second-order valence-corrected chi connectivity index (χ2v) is 5.20. The molecule has 2 saturated carbocycles. The summed E-state index contributed by atoms with van der Waals surface area (Å²) in [5.41, 5.74) is 0.607. The van der Waals surface area contributed by atoms with Gasteiger partial charge in [-0.3, -0.25) is 0 Å². The number of fused-ring (bicyclic) bond motifs is 2. The van der Waals surface area contributed by atoms with Crippen LogP contribution in [0.25, 0.3) is 0 Å². The topological polar surface area (TPSA) is 0 Å². The van der Waals surface area contributed by atoms with E-state index in [1.165, 1.54) is 19.3 Å². The van der Waals surface area contributed by atoms with E-state index in [0.29, 0.717) is 10.8 Å². The zero-order valence-electron chi connectivity index (χ0n) is 6.73. The van der Waals surface area contributed by atoms with Crippen LogP contribution in [0.5, 0.6) is 0 Å². The van der Waals surface area contributed by atoms with E-state index in [4.69, 9.17) is 11.6 Å². The Morgan fingerprint density at radius 2 is 2.00 bits per heavy atom. The van der Waals surface area contributed by atoms with E-state index in [0.717, 1.165) is 11.8 Å². The van der Waals surface area contributed by atoms with Gasteiger partial charge in [0.15, 0.2) is 0 Å². The van der Waals surface area contributed by atoms with Crippen LogP contribution in [0.3, 0.4) is 0 Å². The highest BCUT2D eigenvalue weighted by Crippen LogP contribution is 2.56. The van der Waals surface area contributed by atoms with Crippen molar-refractivity contribution in [1.82, 2.24) is 0 Å². The largest absolute Gasteiger partial charge is 0.123 e. The third-order valence-electron chi connectivity index (χ3n) is 3.50. The maximum Gasteiger partial charge on any atom is 0.0367 e. The van der Waals surface area contributed by atoms with E-state index in [1.807, 2.05) is 0 Å². The summed E-state index contributed by atoms with van der Waals surface area (Å²) in [6, 6.07) is 0. The third-order valence-corrected chi connectivity index (χ3v) is 4.04. The van der Waals surface area contributed by atoms with Crippen molar-refractivity contribution in [3.63, 3.8) is 0 Å².